The van der Waals surface area contributed by atoms with Crippen LogP contribution in [0.4, 0.5) is 5.69 Å². The molecule has 1 aliphatic rings. The third-order valence-corrected chi connectivity index (χ3v) is 3.59. The van der Waals surface area contributed by atoms with E-state index in [0.29, 0.717) is 12.0 Å². The van der Waals surface area contributed by atoms with Crippen molar-refractivity contribution in [1.82, 2.24) is 10.3 Å². The van der Waals surface area contributed by atoms with Gasteiger partial charge in [0, 0.05) is 25.3 Å². The molecule has 0 radical (unpaired) electrons. The molecule has 1 unspecified atom stereocenters. The van der Waals surface area contributed by atoms with Crippen molar-refractivity contribution < 1.29 is 0 Å². The Hall–Kier alpha value is -1.60. The maximum absolute atomic E-state index is 9.17. The van der Waals surface area contributed by atoms with Crippen LogP contribution in [-0.4, -0.2) is 30.7 Å². The molecular weight excluding hydrogens is 236 g/mol. The lowest BCUT2D eigenvalue weighted by atomic mass is 9.97. The summed E-state index contributed by atoms with van der Waals surface area (Å²) in [5.74, 6) is 0.655. The number of rotatable bonds is 4. The van der Waals surface area contributed by atoms with Crippen LogP contribution in [0.25, 0.3) is 0 Å². The molecular formula is C15H22N4. The Morgan fingerprint density at radius 3 is 3.16 bits per heavy atom. The Kier molecular flexibility index (Phi) is 4.75. The predicted molar refractivity (Wildman–Crippen MR) is 77.0 cm³/mol. The van der Waals surface area contributed by atoms with Gasteiger partial charge < -0.3 is 10.2 Å². The number of hydrogen-bond acceptors (Lipinski definition) is 4. The predicted octanol–water partition coefficient (Wildman–Crippen LogP) is 2.17. The number of anilines is 1. The molecule has 4 heteroatoms. The van der Waals surface area contributed by atoms with E-state index < -0.39 is 0 Å². The van der Waals surface area contributed by atoms with Crippen molar-refractivity contribution in [3.8, 4) is 6.07 Å². The third-order valence-electron chi connectivity index (χ3n) is 3.59. The lowest BCUT2D eigenvalue weighted by Crippen LogP contribution is -2.41. The summed E-state index contributed by atoms with van der Waals surface area (Å²) in [5.41, 5.74) is 1.71. The van der Waals surface area contributed by atoms with Gasteiger partial charge in [-0.25, -0.2) is 0 Å². The molecule has 0 aliphatic carbocycles. The van der Waals surface area contributed by atoms with Crippen LogP contribution < -0.4 is 10.2 Å². The second kappa shape index (κ2) is 6.53. The SMILES string of the molecule is CC(C)NCC1CCCN(c2cnccc2C#N)C1. The fourth-order valence-corrected chi connectivity index (χ4v) is 2.59. The van der Waals surface area contributed by atoms with Gasteiger partial charge in [0.2, 0.25) is 0 Å². The maximum Gasteiger partial charge on any atom is 0.101 e. The zero-order chi connectivity index (χ0) is 13.7. The number of nitriles is 1. The third kappa shape index (κ3) is 3.68. The van der Waals surface area contributed by atoms with Gasteiger partial charge in [0.25, 0.3) is 0 Å². The van der Waals surface area contributed by atoms with E-state index in [9.17, 15) is 5.26 Å². The molecule has 2 rings (SSSR count). The van der Waals surface area contributed by atoms with Gasteiger partial charge in [-0.3, -0.25) is 4.98 Å². The molecule has 1 aromatic rings. The van der Waals surface area contributed by atoms with E-state index in [0.717, 1.165) is 30.9 Å². The van der Waals surface area contributed by atoms with Gasteiger partial charge in [0.05, 0.1) is 17.4 Å². The summed E-state index contributed by atoms with van der Waals surface area (Å²) < 4.78 is 0. The Balaban J connectivity index is 2.03. The molecule has 0 bridgehead atoms. The summed E-state index contributed by atoms with van der Waals surface area (Å²) in [5, 5.41) is 12.7. The number of hydrogen-bond donors (Lipinski definition) is 1. The second-order valence-electron chi connectivity index (χ2n) is 5.52. The van der Waals surface area contributed by atoms with E-state index in [-0.39, 0.29) is 0 Å². The fourth-order valence-electron chi connectivity index (χ4n) is 2.59. The maximum atomic E-state index is 9.17. The Morgan fingerprint density at radius 2 is 2.42 bits per heavy atom. The molecule has 0 saturated carbocycles. The van der Waals surface area contributed by atoms with Gasteiger partial charge >= 0.3 is 0 Å². The van der Waals surface area contributed by atoms with E-state index in [1.165, 1.54) is 12.8 Å². The molecule has 0 amide bonds. The molecule has 19 heavy (non-hydrogen) atoms. The number of nitrogens with zero attached hydrogens (tertiary/aromatic N) is 3. The molecule has 0 aromatic carbocycles. The zero-order valence-electron chi connectivity index (χ0n) is 11.8. The van der Waals surface area contributed by atoms with Gasteiger partial charge in [-0.15, -0.1) is 0 Å². The fraction of sp³-hybridized carbons (Fsp3) is 0.600. The molecule has 2 heterocycles. The molecule has 1 N–H and O–H groups in total. The summed E-state index contributed by atoms with van der Waals surface area (Å²) in [4.78, 5) is 6.47. The smallest absolute Gasteiger partial charge is 0.101 e. The monoisotopic (exact) mass is 258 g/mol. The zero-order valence-corrected chi connectivity index (χ0v) is 11.8. The van der Waals surface area contributed by atoms with Crippen molar-refractivity contribution in [3.63, 3.8) is 0 Å². The van der Waals surface area contributed by atoms with Crippen molar-refractivity contribution >= 4 is 5.69 Å². The first-order valence-corrected chi connectivity index (χ1v) is 7.03. The van der Waals surface area contributed by atoms with Crippen molar-refractivity contribution in [1.29, 1.82) is 5.26 Å². The van der Waals surface area contributed by atoms with E-state index in [1.54, 1.807) is 12.3 Å². The average molecular weight is 258 g/mol. The van der Waals surface area contributed by atoms with Crippen LogP contribution in [0.15, 0.2) is 18.5 Å². The number of piperidine rings is 1. The molecule has 1 fully saturated rings. The van der Waals surface area contributed by atoms with Gasteiger partial charge in [-0.05, 0) is 31.4 Å². The van der Waals surface area contributed by atoms with Crippen LogP contribution in [0.5, 0.6) is 0 Å². The van der Waals surface area contributed by atoms with E-state index in [2.05, 4.69) is 35.1 Å². The van der Waals surface area contributed by atoms with Crippen LogP contribution in [0.2, 0.25) is 0 Å². The first-order chi connectivity index (χ1) is 9.20. The van der Waals surface area contributed by atoms with Crippen molar-refractivity contribution in [2.24, 2.45) is 5.92 Å². The van der Waals surface area contributed by atoms with Crippen LogP contribution in [0, 0.1) is 17.2 Å². The number of nitrogens with one attached hydrogen (secondary N) is 1. The quantitative estimate of drug-likeness (QED) is 0.899. The minimum Gasteiger partial charge on any atom is -0.369 e. The largest absolute Gasteiger partial charge is 0.369 e. The van der Waals surface area contributed by atoms with Crippen molar-refractivity contribution in [2.45, 2.75) is 32.7 Å². The first kappa shape index (κ1) is 13.8. The highest BCUT2D eigenvalue weighted by atomic mass is 15.1. The highest BCUT2D eigenvalue weighted by molar-refractivity contribution is 5.57. The second-order valence-corrected chi connectivity index (χ2v) is 5.52. The van der Waals surface area contributed by atoms with E-state index >= 15 is 0 Å². The molecule has 102 valence electrons. The minimum absolute atomic E-state index is 0.531. The van der Waals surface area contributed by atoms with Gasteiger partial charge in [0.15, 0.2) is 0 Å². The molecule has 0 spiro atoms. The van der Waals surface area contributed by atoms with Crippen molar-refractivity contribution in [2.75, 3.05) is 24.5 Å². The minimum atomic E-state index is 0.531. The molecule has 1 aromatic heterocycles. The Labute approximate surface area is 115 Å². The summed E-state index contributed by atoms with van der Waals surface area (Å²) in [7, 11) is 0. The standard InChI is InChI=1S/C15H22N4/c1-12(2)18-9-13-4-3-7-19(11-13)15-10-17-6-5-14(15)8-16/h5-6,10,12-13,18H,3-4,7,9,11H2,1-2H3. The Morgan fingerprint density at radius 1 is 1.58 bits per heavy atom. The van der Waals surface area contributed by atoms with Crippen LogP contribution in [0.1, 0.15) is 32.3 Å². The summed E-state index contributed by atoms with van der Waals surface area (Å²) in [6.45, 7) is 7.44. The van der Waals surface area contributed by atoms with E-state index in [1.807, 2.05) is 6.20 Å². The Bertz CT molecular complexity index is 450. The summed E-state index contributed by atoms with van der Waals surface area (Å²) >= 11 is 0. The number of pyridine rings is 1. The van der Waals surface area contributed by atoms with Crippen LogP contribution >= 0.6 is 0 Å². The molecule has 1 atom stereocenters. The van der Waals surface area contributed by atoms with Gasteiger partial charge in [0.1, 0.15) is 6.07 Å². The average Bonchev–Trinajstić information content (AvgIpc) is 2.45. The summed E-state index contributed by atoms with van der Waals surface area (Å²) in [6.07, 6.45) is 5.95. The van der Waals surface area contributed by atoms with Gasteiger partial charge in [-0.1, -0.05) is 13.8 Å². The van der Waals surface area contributed by atoms with Crippen molar-refractivity contribution in [3.05, 3.63) is 24.0 Å². The van der Waals surface area contributed by atoms with Crippen LogP contribution in [-0.2, 0) is 0 Å². The summed E-state index contributed by atoms with van der Waals surface area (Å²) in [6, 6.07) is 4.59. The van der Waals surface area contributed by atoms with E-state index in [4.69, 9.17) is 0 Å². The first-order valence-electron chi connectivity index (χ1n) is 7.03. The molecule has 4 nitrogen and oxygen atoms in total. The molecule has 1 saturated heterocycles. The molecule has 1 aliphatic heterocycles. The lowest BCUT2D eigenvalue weighted by Gasteiger charge is -2.35. The topological polar surface area (TPSA) is 52.0 Å². The number of aromatic nitrogens is 1. The highest BCUT2D eigenvalue weighted by Crippen LogP contribution is 2.25. The highest BCUT2D eigenvalue weighted by Gasteiger charge is 2.21. The van der Waals surface area contributed by atoms with Crippen LogP contribution in [0.3, 0.4) is 0 Å². The normalized spacial score (nSPS) is 19.5. The van der Waals surface area contributed by atoms with Gasteiger partial charge in [-0.2, -0.15) is 5.26 Å². The lowest BCUT2D eigenvalue weighted by molar-refractivity contribution is 0.379.